The lowest BCUT2D eigenvalue weighted by atomic mass is 10.1. The molecular weight excluding hydrogens is 522 g/mol. The summed E-state index contributed by atoms with van der Waals surface area (Å²) in [7, 11) is -2.88. The van der Waals surface area contributed by atoms with Crippen molar-refractivity contribution in [3.63, 3.8) is 0 Å². The Balaban J connectivity index is 1.50. The van der Waals surface area contributed by atoms with Crippen LogP contribution in [-0.2, 0) is 43.5 Å². The van der Waals surface area contributed by atoms with Gasteiger partial charge in [-0.15, -0.1) is 17.8 Å². The number of methoxy groups -OCH3 is 1. The molecule has 0 aliphatic heterocycles. The number of terminal acetylenes is 1. The highest BCUT2D eigenvalue weighted by molar-refractivity contribution is 7.92. The summed E-state index contributed by atoms with van der Waals surface area (Å²) in [4.78, 5) is 42.6. The summed E-state index contributed by atoms with van der Waals surface area (Å²) in [5.74, 6) is -1.67. The van der Waals surface area contributed by atoms with Gasteiger partial charge in [0.1, 0.15) is 16.5 Å². The van der Waals surface area contributed by atoms with Crippen LogP contribution in [0.2, 0.25) is 0 Å². The first-order valence-corrected chi connectivity index (χ1v) is 14.4. The molecular formula is C24H23N3O6S3. The number of amides is 2. The summed E-state index contributed by atoms with van der Waals surface area (Å²) in [6.07, 6.45) is 7.84. The molecule has 0 unspecified atom stereocenters. The number of anilines is 1. The van der Waals surface area contributed by atoms with Crippen molar-refractivity contribution in [1.82, 2.24) is 4.57 Å². The van der Waals surface area contributed by atoms with Crippen LogP contribution in [0.3, 0.4) is 0 Å². The van der Waals surface area contributed by atoms with E-state index in [1.54, 1.807) is 4.57 Å². The molecule has 0 saturated heterocycles. The Bertz CT molecular complexity index is 1600. The van der Waals surface area contributed by atoms with Crippen LogP contribution in [0.5, 0.6) is 0 Å². The van der Waals surface area contributed by atoms with E-state index in [0.29, 0.717) is 6.42 Å². The molecule has 1 aliphatic carbocycles. The summed E-state index contributed by atoms with van der Waals surface area (Å²) in [6.45, 7) is 2.10. The number of aromatic nitrogens is 1. The van der Waals surface area contributed by atoms with Gasteiger partial charge in [0.2, 0.25) is 5.91 Å². The molecule has 1 N–H and O–H groups in total. The van der Waals surface area contributed by atoms with Crippen LogP contribution in [0.4, 0.5) is 5.00 Å². The van der Waals surface area contributed by atoms with Crippen molar-refractivity contribution >= 4 is 65.5 Å². The van der Waals surface area contributed by atoms with Crippen molar-refractivity contribution in [1.29, 1.82) is 0 Å². The molecule has 1 aromatic carbocycles. The van der Waals surface area contributed by atoms with Gasteiger partial charge in [0.05, 0.1) is 29.4 Å². The lowest BCUT2D eigenvalue weighted by Gasteiger charge is -2.07. The Labute approximate surface area is 215 Å². The van der Waals surface area contributed by atoms with Crippen molar-refractivity contribution in [2.24, 2.45) is 4.99 Å². The lowest BCUT2D eigenvalue weighted by molar-refractivity contribution is -0.115. The largest absolute Gasteiger partial charge is 0.465 e. The van der Waals surface area contributed by atoms with E-state index < -0.39 is 39.1 Å². The highest BCUT2D eigenvalue weighted by Crippen LogP contribution is 2.39. The van der Waals surface area contributed by atoms with E-state index in [9.17, 15) is 22.8 Å². The number of rotatable bonds is 7. The number of carbonyl (C=O) groups is 3. The van der Waals surface area contributed by atoms with E-state index in [1.165, 1.54) is 29.8 Å². The van der Waals surface area contributed by atoms with Crippen LogP contribution in [-0.4, -0.2) is 49.4 Å². The molecule has 2 heterocycles. The maximum absolute atomic E-state index is 12.6. The van der Waals surface area contributed by atoms with E-state index in [1.807, 2.05) is 25.1 Å². The van der Waals surface area contributed by atoms with Gasteiger partial charge in [-0.3, -0.25) is 9.59 Å². The molecule has 3 aromatic rings. The molecule has 1 aliphatic rings. The fraction of sp³-hybridized carbons (Fsp3) is 0.333. The quantitative estimate of drug-likeness (QED) is 0.359. The molecule has 0 fully saturated rings. The second-order valence-corrected chi connectivity index (χ2v) is 12.5. The predicted octanol–water partition coefficient (Wildman–Crippen LogP) is 2.46. The number of benzene rings is 1. The number of sulfone groups is 1. The number of fused-ring (bicyclic) bond motifs is 2. The second kappa shape index (κ2) is 10.4. The molecule has 9 nitrogen and oxygen atoms in total. The maximum atomic E-state index is 12.6. The highest BCUT2D eigenvalue weighted by atomic mass is 32.2. The zero-order valence-electron chi connectivity index (χ0n) is 19.6. The van der Waals surface area contributed by atoms with Gasteiger partial charge in [0.15, 0.2) is 14.6 Å². The number of nitrogens with one attached hydrogen (secondary N) is 1. The predicted molar refractivity (Wildman–Crippen MR) is 139 cm³/mol. The number of thiophene rings is 1. The smallest absolute Gasteiger partial charge is 0.341 e. The molecule has 2 aromatic heterocycles. The normalized spacial score (nSPS) is 13.4. The third-order valence-electron chi connectivity index (χ3n) is 5.57. The summed E-state index contributed by atoms with van der Waals surface area (Å²) in [5.41, 5.74) is 2.92. The molecule has 0 atom stereocenters. The van der Waals surface area contributed by atoms with Crippen LogP contribution in [0.1, 0.15) is 32.8 Å². The van der Waals surface area contributed by atoms with Gasteiger partial charge in [0.25, 0.3) is 5.91 Å². The highest BCUT2D eigenvalue weighted by Gasteiger charge is 2.29. The Morgan fingerprint density at radius 2 is 2.00 bits per heavy atom. The van der Waals surface area contributed by atoms with Crippen molar-refractivity contribution in [2.45, 2.75) is 32.7 Å². The minimum atomic E-state index is -4.13. The first-order chi connectivity index (χ1) is 17.1. The minimum Gasteiger partial charge on any atom is -0.465 e. The minimum absolute atomic E-state index is 0.164. The van der Waals surface area contributed by atoms with Crippen molar-refractivity contribution < 1.29 is 27.5 Å². The van der Waals surface area contributed by atoms with Crippen LogP contribution in [0.25, 0.3) is 10.2 Å². The molecule has 188 valence electrons. The van der Waals surface area contributed by atoms with Gasteiger partial charge in [-0.25, -0.2) is 13.2 Å². The first-order valence-electron chi connectivity index (χ1n) is 11.0. The molecule has 0 radical (unpaired) electrons. The first kappa shape index (κ1) is 25.8. The fourth-order valence-corrected chi connectivity index (χ4v) is 7.51. The van der Waals surface area contributed by atoms with E-state index in [2.05, 4.69) is 16.2 Å². The van der Waals surface area contributed by atoms with E-state index >= 15 is 0 Å². The lowest BCUT2D eigenvalue weighted by Crippen LogP contribution is -2.28. The fourth-order valence-electron chi connectivity index (χ4n) is 4.06. The van der Waals surface area contributed by atoms with Crippen LogP contribution in [0, 0.1) is 19.3 Å². The standard InChI is InChI=1S/C24H23N3O6S3/c1-4-10-27-16-9-8-14(2)11-18(16)35-24(27)26-20(29)13-36(31,32)12-19(28)25-22-21(23(30)33-3)15-6-5-7-17(15)34-22/h1,8-9,11H,5-7,10,12-13H2,2-3H3,(H,25,28). The van der Waals surface area contributed by atoms with Crippen LogP contribution < -0.4 is 10.1 Å². The zero-order valence-corrected chi connectivity index (χ0v) is 22.1. The van der Waals surface area contributed by atoms with Gasteiger partial charge >= 0.3 is 5.97 Å². The van der Waals surface area contributed by atoms with Crippen molar-refractivity contribution in [2.75, 3.05) is 23.9 Å². The van der Waals surface area contributed by atoms with Crippen molar-refractivity contribution in [3.05, 3.63) is 44.6 Å². The summed E-state index contributed by atoms with van der Waals surface area (Å²) in [6, 6.07) is 5.71. The molecule has 0 saturated carbocycles. The molecule has 12 heteroatoms. The van der Waals surface area contributed by atoms with Gasteiger partial charge in [-0.1, -0.05) is 23.3 Å². The SMILES string of the molecule is C#CCn1c(=NC(=O)CS(=O)(=O)CC(=O)Nc2sc3c(c2C(=O)OC)CCC3)sc2cc(C)ccc21. The zero-order chi connectivity index (χ0) is 26.0. The number of ether oxygens (including phenoxy) is 1. The Morgan fingerprint density at radius 1 is 1.22 bits per heavy atom. The number of esters is 1. The van der Waals surface area contributed by atoms with Crippen LogP contribution >= 0.6 is 22.7 Å². The third kappa shape index (κ3) is 5.43. The van der Waals surface area contributed by atoms with E-state index in [-0.39, 0.29) is 21.9 Å². The van der Waals surface area contributed by atoms with Gasteiger partial charge in [-0.05, 0) is 49.4 Å². The second-order valence-electron chi connectivity index (χ2n) is 8.29. The summed E-state index contributed by atoms with van der Waals surface area (Å²) >= 11 is 2.47. The van der Waals surface area contributed by atoms with Gasteiger partial charge < -0.3 is 14.6 Å². The molecule has 4 rings (SSSR count). The number of aryl methyl sites for hydroxylation is 2. The van der Waals surface area contributed by atoms with Gasteiger partial charge in [-0.2, -0.15) is 4.99 Å². The number of hydrogen-bond donors (Lipinski definition) is 1. The molecule has 2 amide bonds. The maximum Gasteiger partial charge on any atom is 0.341 e. The average molecular weight is 546 g/mol. The number of nitrogens with zero attached hydrogens (tertiary/aromatic N) is 2. The molecule has 0 spiro atoms. The summed E-state index contributed by atoms with van der Waals surface area (Å²) in [5, 5.41) is 2.78. The Hall–Kier alpha value is -3.27. The molecule has 0 bridgehead atoms. The average Bonchev–Trinajstić information content (AvgIpc) is 3.45. The summed E-state index contributed by atoms with van der Waals surface area (Å²) < 4.78 is 32.6. The van der Waals surface area contributed by atoms with Crippen LogP contribution in [0.15, 0.2) is 23.2 Å². The topological polar surface area (TPSA) is 124 Å². The Morgan fingerprint density at radius 3 is 2.72 bits per heavy atom. The number of carbonyl (C=O) groups excluding carboxylic acids is 3. The van der Waals surface area contributed by atoms with Gasteiger partial charge in [0, 0.05) is 4.88 Å². The van der Waals surface area contributed by atoms with E-state index in [4.69, 9.17) is 11.2 Å². The van der Waals surface area contributed by atoms with Crippen molar-refractivity contribution in [3.8, 4) is 12.3 Å². The Kier molecular flexibility index (Phi) is 7.44. The number of hydrogen-bond acceptors (Lipinski definition) is 8. The molecule has 36 heavy (non-hydrogen) atoms. The third-order valence-corrected chi connectivity index (χ3v) is 9.20. The number of thiazole rings is 1. The van der Waals surface area contributed by atoms with E-state index in [0.717, 1.165) is 39.1 Å². The monoisotopic (exact) mass is 545 g/mol.